The molecule has 9 heteroatoms. The van der Waals surface area contributed by atoms with Gasteiger partial charge in [0.05, 0.1) is 17.9 Å². The molecule has 0 N–H and O–H groups in total. The van der Waals surface area contributed by atoms with Crippen molar-refractivity contribution in [2.75, 3.05) is 12.9 Å². The van der Waals surface area contributed by atoms with E-state index in [9.17, 15) is 13.2 Å². The maximum Gasteiger partial charge on any atom is 0.363 e. The van der Waals surface area contributed by atoms with Crippen molar-refractivity contribution in [3.8, 4) is 11.5 Å². The van der Waals surface area contributed by atoms with Crippen LogP contribution in [0.4, 0.5) is 0 Å². The minimum Gasteiger partial charge on any atom is -0.490 e. The number of benzene rings is 2. The van der Waals surface area contributed by atoms with Gasteiger partial charge in [-0.05, 0) is 53.8 Å². The van der Waals surface area contributed by atoms with Crippen molar-refractivity contribution >= 4 is 39.7 Å². The first-order valence-electron chi connectivity index (χ1n) is 9.86. The Morgan fingerprint density at radius 3 is 2.38 bits per heavy atom. The van der Waals surface area contributed by atoms with E-state index in [4.69, 9.17) is 25.3 Å². The van der Waals surface area contributed by atoms with Gasteiger partial charge in [0.2, 0.25) is 11.6 Å². The fourth-order valence-corrected chi connectivity index (χ4v) is 3.75. The summed E-state index contributed by atoms with van der Waals surface area (Å²) in [5.41, 5.74) is 2.38. The fourth-order valence-electron chi connectivity index (χ4n) is 2.97. The SMILES string of the molecule is CCOc1cc(/C=C2\N=C(c3ccc(C(C)(C)C)cc3)OC2=O)cc(Cl)c1OS(C)(=O)=O. The molecule has 2 aromatic rings. The van der Waals surface area contributed by atoms with E-state index in [1.54, 1.807) is 6.92 Å². The molecule has 1 heterocycles. The number of carbonyl (C=O) groups is 1. The topological polar surface area (TPSA) is 91.3 Å². The molecular weight excluding hydrogens is 454 g/mol. The Kier molecular flexibility index (Phi) is 6.67. The number of aliphatic imine (C=N–C) groups is 1. The Balaban J connectivity index is 1.95. The highest BCUT2D eigenvalue weighted by Gasteiger charge is 2.25. The molecular formula is C23H24ClNO6S. The van der Waals surface area contributed by atoms with Crippen LogP contribution >= 0.6 is 11.6 Å². The first-order chi connectivity index (χ1) is 14.9. The third-order valence-electron chi connectivity index (χ3n) is 4.49. The average Bonchev–Trinajstić information content (AvgIpc) is 3.04. The second-order valence-electron chi connectivity index (χ2n) is 8.21. The largest absolute Gasteiger partial charge is 0.490 e. The maximum absolute atomic E-state index is 12.4. The summed E-state index contributed by atoms with van der Waals surface area (Å²) in [6, 6.07) is 10.6. The van der Waals surface area contributed by atoms with E-state index in [1.165, 1.54) is 18.2 Å². The number of nitrogens with zero attached hydrogens (tertiary/aromatic N) is 1. The van der Waals surface area contributed by atoms with E-state index in [0.29, 0.717) is 11.1 Å². The predicted octanol–water partition coefficient (Wildman–Crippen LogP) is 4.72. The molecule has 3 rings (SSSR count). The predicted molar refractivity (Wildman–Crippen MR) is 124 cm³/mol. The van der Waals surface area contributed by atoms with Gasteiger partial charge in [-0.15, -0.1) is 0 Å². The zero-order valence-corrected chi connectivity index (χ0v) is 20.0. The van der Waals surface area contributed by atoms with Gasteiger partial charge in [-0.1, -0.05) is 44.5 Å². The van der Waals surface area contributed by atoms with Gasteiger partial charge < -0.3 is 13.7 Å². The van der Waals surface area contributed by atoms with Crippen LogP contribution in [0, 0.1) is 0 Å². The van der Waals surface area contributed by atoms with Crippen LogP contribution in [0.3, 0.4) is 0 Å². The van der Waals surface area contributed by atoms with E-state index in [2.05, 4.69) is 25.8 Å². The van der Waals surface area contributed by atoms with Gasteiger partial charge in [0, 0.05) is 5.56 Å². The fraction of sp³-hybridized carbons (Fsp3) is 0.304. The second-order valence-corrected chi connectivity index (χ2v) is 10.2. The number of esters is 1. The summed E-state index contributed by atoms with van der Waals surface area (Å²) in [4.78, 5) is 16.7. The zero-order chi connectivity index (χ0) is 23.7. The lowest BCUT2D eigenvalue weighted by atomic mass is 9.87. The lowest BCUT2D eigenvalue weighted by Gasteiger charge is -2.18. The standard InChI is InChI=1S/C23H24ClNO6S/c1-6-29-19-13-14(11-17(24)20(19)31-32(5,27)28)12-18-22(26)30-21(25-18)15-7-9-16(10-8-15)23(2,3)4/h7-13H,6H2,1-5H3/b18-12-. The third kappa shape index (κ3) is 5.69. The van der Waals surface area contributed by atoms with Gasteiger partial charge in [0.25, 0.3) is 0 Å². The quantitative estimate of drug-likeness (QED) is 0.339. The van der Waals surface area contributed by atoms with Gasteiger partial charge in [0.1, 0.15) is 0 Å². The molecule has 0 unspecified atom stereocenters. The molecule has 0 spiro atoms. The molecule has 0 aliphatic carbocycles. The van der Waals surface area contributed by atoms with Crippen molar-refractivity contribution in [2.24, 2.45) is 4.99 Å². The molecule has 2 aromatic carbocycles. The highest BCUT2D eigenvalue weighted by molar-refractivity contribution is 7.86. The Labute approximate surface area is 192 Å². The third-order valence-corrected chi connectivity index (χ3v) is 5.24. The number of rotatable bonds is 6. The average molecular weight is 478 g/mol. The number of halogens is 1. The monoisotopic (exact) mass is 477 g/mol. The molecule has 0 amide bonds. The van der Waals surface area contributed by atoms with E-state index in [-0.39, 0.29) is 40.1 Å². The van der Waals surface area contributed by atoms with Crippen LogP contribution in [0.5, 0.6) is 11.5 Å². The molecule has 0 bridgehead atoms. The van der Waals surface area contributed by atoms with Crippen molar-refractivity contribution < 1.29 is 26.9 Å². The zero-order valence-electron chi connectivity index (χ0n) is 18.4. The van der Waals surface area contributed by atoms with E-state index >= 15 is 0 Å². The van der Waals surface area contributed by atoms with E-state index in [0.717, 1.165) is 11.8 Å². The Hall–Kier alpha value is -2.84. The summed E-state index contributed by atoms with van der Waals surface area (Å²) in [5.74, 6) is -0.388. The maximum atomic E-state index is 12.4. The normalized spacial score (nSPS) is 15.5. The second kappa shape index (κ2) is 8.96. The number of hydrogen-bond acceptors (Lipinski definition) is 7. The van der Waals surface area contributed by atoms with Crippen molar-refractivity contribution in [3.05, 3.63) is 63.8 Å². The van der Waals surface area contributed by atoms with Crippen LogP contribution in [0.15, 0.2) is 47.1 Å². The molecule has 0 radical (unpaired) electrons. The van der Waals surface area contributed by atoms with Crippen LogP contribution in [-0.2, 0) is 25.1 Å². The van der Waals surface area contributed by atoms with Gasteiger partial charge in [-0.25, -0.2) is 9.79 Å². The van der Waals surface area contributed by atoms with Gasteiger partial charge >= 0.3 is 16.1 Å². The molecule has 170 valence electrons. The smallest absolute Gasteiger partial charge is 0.363 e. The molecule has 32 heavy (non-hydrogen) atoms. The van der Waals surface area contributed by atoms with Crippen molar-refractivity contribution in [1.82, 2.24) is 0 Å². The lowest BCUT2D eigenvalue weighted by Crippen LogP contribution is -2.11. The molecule has 0 saturated heterocycles. The molecule has 0 atom stereocenters. The first kappa shape index (κ1) is 23.8. The summed E-state index contributed by atoms with van der Waals surface area (Å²) in [5, 5.41) is 0.0153. The number of carbonyl (C=O) groups excluding carboxylic acids is 1. The number of ether oxygens (including phenoxy) is 2. The molecule has 0 aromatic heterocycles. The van der Waals surface area contributed by atoms with Crippen LogP contribution < -0.4 is 8.92 Å². The van der Waals surface area contributed by atoms with E-state index in [1.807, 2.05) is 24.3 Å². The Morgan fingerprint density at radius 1 is 1.16 bits per heavy atom. The van der Waals surface area contributed by atoms with Crippen LogP contribution in [-0.4, -0.2) is 33.1 Å². The van der Waals surface area contributed by atoms with Crippen LogP contribution in [0.1, 0.15) is 44.4 Å². The van der Waals surface area contributed by atoms with Crippen molar-refractivity contribution in [3.63, 3.8) is 0 Å². The highest BCUT2D eigenvalue weighted by Crippen LogP contribution is 2.38. The Morgan fingerprint density at radius 2 is 1.81 bits per heavy atom. The first-order valence-corrected chi connectivity index (χ1v) is 12.1. The summed E-state index contributed by atoms with van der Waals surface area (Å²) in [6.45, 7) is 8.34. The van der Waals surface area contributed by atoms with E-state index < -0.39 is 16.1 Å². The molecule has 7 nitrogen and oxygen atoms in total. The van der Waals surface area contributed by atoms with Gasteiger partial charge in [-0.2, -0.15) is 8.42 Å². The van der Waals surface area contributed by atoms with Crippen molar-refractivity contribution in [2.45, 2.75) is 33.1 Å². The molecule has 0 saturated carbocycles. The summed E-state index contributed by atoms with van der Waals surface area (Å²) >= 11 is 6.22. The number of cyclic esters (lactones) is 1. The minimum atomic E-state index is -3.81. The van der Waals surface area contributed by atoms with Gasteiger partial charge in [0.15, 0.2) is 11.4 Å². The van der Waals surface area contributed by atoms with Crippen molar-refractivity contribution in [1.29, 1.82) is 0 Å². The minimum absolute atomic E-state index is 0.00226. The Bertz CT molecular complexity index is 1210. The molecule has 1 aliphatic heterocycles. The molecule has 1 aliphatic rings. The summed E-state index contributed by atoms with van der Waals surface area (Å²) in [7, 11) is -3.81. The van der Waals surface area contributed by atoms with Gasteiger partial charge in [-0.3, -0.25) is 0 Å². The summed E-state index contributed by atoms with van der Waals surface area (Å²) < 4.78 is 38.8. The highest BCUT2D eigenvalue weighted by atomic mass is 35.5. The summed E-state index contributed by atoms with van der Waals surface area (Å²) in [6.07, 6.45) is 2.39. The van der Waals surface area contributed by atoms with Crippen LogP contribution in [0.2, 0.25) is 5.02 Å². The number of hydrogen-bond donors (Lipinski definition) is 0. The lowest BCUT2D eigenvalue weighted by molar-refractivity contribution is -0.129. The molecule has 0 fully saturated rings. The van der Waals surface area contributed by atoms with Crippen LogP contribution in [0.25, 0.3) is 6.08 Å².